The molecule has 1 nitrogen and oxygen atoms in total. The molecule has 0 fully saturated rings. The van der Waals surface area contributed by atoms with Crippen molar-refractivity contribution in [2.75, 3.05) is 0 Å². The highest BCUT2D eigenvalue weighted by Gasteiger charge is 2.54. The summed E-state index contributed by atoms with van der Waals surface area (Å²) in [6, 6.07) is 31.3. The van der Waals surface area contributed by atoms with Gasteiger partial charge in [-0.2, -0.15) is 0 Å². The fourth-order valence-electron chi connectivity index (χ4n) is 5.89. The van der Waals surface area contributed by atoms with Gasteiger partial charge in [0.25, 0.3) is 0 Å². The third-order valence-corrected chi connectivity index (χ3v) is 6.79. The third-order valence-electron chi connectivity index (χ3n) is 6.79. The van der Waals surface area contributed by atoms with E-state index < -0.39 is 0 Å². The summed E-state index contributed by atoms with van der Waals surface area (Å²) in [5.74, 6) is 0. The molecule has 0 atom stereocenters. The number of allylic oxidation sites excluding steroid dienone is 2. The molecule has 3 aromatic carbocycles. The maximum absolute atomic E-state index is 4.74. The van der Waals surface area contributed by atoms with Gasteiger partial charge in [0, 0.05) is 18.2 Å². The van der Waals surface area contributed by atoms with Gasteiger partial charge in [0.1, 0.15) is 0 Å². The molecule has 28 heavy (non-hydrogen) atoms. The van der Waals surface area contributed by atoms with Gasteiger partial charge in [-0.05, 0) is 50.6 Å². The number of hydrogen-bond donors (Lipinski definition) is 0. The van der Waals surface area contributed by atoms with Gasteiger partial charge in [-0.15, -0.1) is 0 Å². The fraction of sp³-hybridized carbons (Fsp3) is 0.0741. The molecule has 0 bridgehead atoms. The third kappa shape index (κ3) is 1.46. The van der Waals surface area contributed by atoms with Gasteiger partial charge in [0.2, 0.25) is 0 Å². The monoisotopic (exact) mass is 355 g/mol. The van der Waals surface area contributed by atoms with Crippen LogP contribution in [-0.2, 0) is 11.8 Å². The Morgan fingerprint density at radius 1 is 0.571 bits per heavy atom. The van der Waals surface area contributed by atoms with E-state index in [-0.39, 0.29) is 5.41 Å². The van der Waals surface area contributed by atoms with Gasteiger partial charge in [-0.3, -0.25) is 4.98 Å². The van der Waals surface area contributed by atoms with Gasteiger partial charge in [-0.1, -0.05) is 78.9 Å². The molecule has 0 N–H and O–H groups in total. The van der Waals surface area contributed by atoms with E-state index in [0.717, 1.165) is 6.42 Å². The second-order valence-electron chi connectivity index (χ2n) is 7.91. The molecule has 1 heteroatoms. The first-order valence-corrected chi connectivity index (χ1v) is 9.88. The summed E-state index contributed by atoms with van der Waals surface area (Å²) in [4.78, 5) is 4.74. The second kappa shape index (κ2) is 4.88. The zero-order valence-corrected chi connectivity index (χ0v) is 15.3. The summed E-state index contributed by atoms with van der Waals surface area (Å²) in [5.41, 5.74) is 13.6. The lowest BCUT2D eigenvalue weighted by Gasteiger charge is -2.32. The molecule has 3 aliphatic rings. The van der Waals surface area contributed by atoms with E-state index in [1.165, 1.54) is 55.8 Å². The zero-order valence-electron chi connectivity index (χ0n) is 15.3. The SMILES string of the molecule is c1ccc2c(c1)C1=C(c3cccnc3C1)C21c2ccccc2-c2ccccc21. The first-order valence-electron chi connectivity index (χ1n) is 9.88. The van der Waals surface area contributed by atoms with Crippen molar-refractivity contribution < 1.29 is 0 Å². The fourth-order valence-corrected chi connectivity index (χ4v) is 5.89. The highest BCUT2D eigenvalue weighted by molar-refractivity contribution is 6.12. The summed E-state index contributed by atoms with van der Waals surface area (Å²) >= 11 is 0. The largest absolute Gasteiger partial charge is 0.260 e. The van der Waals surface area contributed by atoms with E-state index in [0.29, 0.717) is 0 Å². The van der Waals surface area contributed by atoms with Gasteiger partial charge in [-0.25, -0.2) is 0 Å². The highest BCUT2D eigenvalue weighted by Crippen LogP contribution is 2.66. The van der Waals surface area contributed by atoms with Crippen LogP contribution in [0.15, 0.2) is 91.1 Å². The molecule has 0 amide bonds. The lowest BCUT2D eigenvalue weighted by molar-refractivity contribution is 0.840. The predicted molar refractivity (Wildman–Crippen MR) is 113 cm³/mol. The molecule has 1 aromatic heterocycles. The van der Waals surface area contributed by atoms with E-state index >= 15 is 0 Å². The zero-order chi connectivity index (χ0) is 18.3. The number of rotatable bonds is 0. The predicted octanol–water partition coefficient (Wildman–Crippen LogP) is 5.88. The number of fused-ring (bicyclic) bond motifs is 11. The molecule has 3 aliphatic carbocycles. The average Bonchev–Trinajstić information content (AvgIpc) is 3.37. The molecule has 1 heterocycles. The topological polar surface area (TPSA) is 12.9 Å². The van der Waals surface area contributed by atoms with Crippen LogP contribution in [0.1, 0.15) is 33.5 Å². The lowest BCUT2D eigenvalue weighted by Crippen LogP contribution is -2.26. The van der Waals surface area contributed by atoms with E-state index in [2.05, 4.69) is 84.9 Å². The van der Waals surface area contributed by atoms with Crippen molar-refractivity contribution in [2.45, 2.75) is 11.8 Å². The van der Waals surface area contributed by atoms with Gasteiger partial charge >= 0.3 is 0 Å². The van der Waals surface area contributed by atoms with Crippen molar-refractivity contribution in [3.63, 3.8) is 0 Å². The molecule has 0 aliphatic heterocycles. The van der Waals surface area contributed by atoms with E-state index in [1.807, 2.05) is 6.20 Å². The Hall–Kier alpha value is -3.45. The summed E-state index contributed by atoms with van der Waals surface area (Å²) in [7, 11) is 0. The van der Waals surface area contributed by atoms with Crippen molar-refractivity contribution in [3.8, 4) is 11.1 Å². The molecule has 130 valence electrons. The summed E-state index contributed by atoms with van der Waals surface area (Å²) in [6.45, 7) is 0. The summed E-state index contributed by atoms with van der Waals surface area (Å²) in [6.07, 6.45) is 2.85. The van der Waals surface area contributed by atoms with Gasteiger partial charge in [0.15, 0.2) is 0 Å². The number of benzene rings is 3. The van der Waals surface area contributed by atoms with Crippen LogP contribution in [0.25, 0.3) is 22.3 Å². The number of pyridine rings is 1. The van der Waals surface area contributed by atoms with Gasteiger partial charge in [0.05, 0.1) is 11.1 Å². The van der Waals surface area contributed by atoms with Crippen molar-refractivity contribution >= 4 is 11.1 Å². The van der Waals surface area contributed by atoms with Crippen LogP contribution >= 0.6 is 0 Å². The van der Waals surface area contributed by atoms with Crippen LogP contribution in [0.3, 0.4) is 0 Å². The standard InChI is InChI=1S/C27H17N/c1-4-12-22-17(8-1)18-9-2-5-13-23(18)27(22)24-14-6-3-10-19(24)21-16-25-20(26(21)27)11-7-15-28-25/h1-15H,16H2. The maximum atomic E-state index is 4.74. The Kier molecular flexibility index (Phi) is 2.54. The van der Waals surface area contributed by atoms with E-state index in [4.69, 9.17) is 4.98 Å². The van der Waals surface area contributed by atoms with Crippen LogP contribution in [0.2, 0.25) is 0 Å². The Labute approximate surface area is 164 Å². The minimum Gasteiger partial charge on any atom is -0.260 e. The van der Waals surface area contributed by atoms with Crippen LogP contribution in [-0.4, -0.2) is 4.98 Å². The molecule has 0 saturated heterocycles. The van der Waals surface area contributed by atoms with Crippen molar-refractivity contribution in [2.24, 2.45) is 0 Å². The van der Waals surface area contributed by atoms with Crippen LogP contribution in [0.5, 0.6) is 0 Å². The smallest absolute Gasteiger partial charge is 0.0728 e. The van der Waals surface area contributed by atoms with Crippen LogP contribution in [0, 0.1) is 0 Å². The Bertz CT molecular complexity index is 1300. The molecule has 0 radical (unpaired) electrons. The lowest BCUT2D eigenvalue weighted by atomic mass is 9.68. The first-order chi connectivity index (χ1) is 13.9. The van der Waals surface area contributed by atoms with Crippen LogP contribution in [0.4, 0.5) is 0 Å². The van der Waals surface area contributed by atoms with Crippen molar-refractivity contribution in [3.05, 3.63) is 125 Å². The van der Waals surface area contributed by atoms with Crippen LogP contribution < -0.4 is 0 Å². The minimum absolute atomic E-state index is 0.229. The normalized spacial score (nSPS) is 16.6. The van der Waals surface area contributed by atoms with Crippen molar-refractivity contribution in [1.82, 2.24) is 4.98 Å². The minimum atomic E-state index is -0.229. The summed E-state index contributed by atoms with van der Waals surface area (Å²) < 4.78 is 0. The summed E-state index contributed by atoms with van der Waals surface area (Å²) in [5, 5.41) is 0. The quantitative estimate of drug-likeness (QED) is 0.384. The van der Waals surface area contributed by atoms with E-state index in [1.54, 1.807) is 0 Å². The maximum Gasteiger partial charge on any atom is 0.0728 e. The molecular formula is C27H17N. The first kappa shape index (κ1) is 14.6. The molecule has 0 unspecified atom stereocenters. The average molecular weight is 355 g/mol. The van der Waals surface area contributed by atoms with E-state index in [9.17, 15) is 0 Å². The Morgan fingerprint density at radius 3 is 1.79 bits per heavy atom. The molecule has 1 spiro atoms. The van der Waals surface area contributed by atoms with Gasteiger partial charge < -0.3 is 0 Å². The van der Waals surface area contributed by atoms with Crippen molar-refractivity contribution in [1.29, 1.82) is 0 Å². The second-order valence-corrected chi connectivity index (χ2v) is 7.91. The Morgan fingerprint density at radius 2 is 1.11 bits per heavy atom. The molecular weight excluding hydrogens is 338 g/mol. The molecule has 4 aromatic rings. The number of hydrogen-bond acceptors (Lipinski definition) is 1. The molecule has 0 saturated carbocycles. The molecule has 7 rings (SSSR count). The highest BCUT2D eigenvalue weighted by atomic mass is 14.7. The number of aromatic nitrogens is 1. The number of nitrogens with zero attached hydrogens (tertiary/aromatic N) is 1. The Balaban J connectivity index is 1.71.